The SMILES string of the molecule is Cc1cc(C)c2c(c1)c1cc(C=O)c(C#Cc3ccccc3)cc1n2C. The molecule has 1 aromatic heterocycles. The number of hydrogen-bond acceptors (Lipinski definition) is 1. The van der Waals surface area contributed by atoms with Gasteiger partial charge in [0.25, 0.3) is 0 Å². The Morgan fingerprint density at radius 1 is 0.923 bits per heavy atom. The second kappa shape index (κ2) is 6.20. The van der Waals surface area contributed by atoms with E-state index in [1.807, 2.05) is 42.5 Å². The van der Waals surface area contributed by atoms with E-state index in [0.29, 0.717) is 5.56 Å². The summed E-state index contributed by atoms with van der Waals surface area (Å²) in [7, 11) is 2.07. The number of aromatic nitrogens is 1. The number of hydrogen-bond donors (Lipinski definition) is 0. The van der Waals surface area contributed by atoms with Gasteiger partial charge in [0, 0.05) is 34.5 Å². The fraction of sp³-hybridized carbons (Fsp3) is 0.125. The topological polar surface area (TPSA) is 22.0 Å². The van der Waals surface area contributed by atoms with Crippen LogP contribution in [0.2, 0.25) is 0 Å². The molecular weight excluding hydrogens is 318 g/mol. The van der Waals surface area contributed by atoms with Gasteiger partial charge in [-0.05, 0) is 49.7 Å². The first-order chi connectivity index (χ1) is 12.6. The molecule has 0 spiro atoms. The Hall–Kier alpha value is -3.31. The lowest BCUT2D eigenvalue weighted by molar-refractivity contribution is 0.112. The van der Waals surface area contributed by atoms with E-state index in [2.05, 4.69) is 49.4 Å². The van der Waals surface area contributed by atoms with Gasteiger partial charge in [0.05, 0.1) is 11.0 Å². The second-order valence-corrected chi connectivity index (χ2v) is 6.73. The largest absolute Gasteiger partial charge is 0.343 e. The van der Waals surface area contributed by atoms with Gasteiger partial charge in [0.15, 0.2) is 6.29 Å². The van der Waals surface area contributed by atoms with E-state index in [-0.39, 0.29) is 0 Å². The summed E-state index contributed by atoms with van der Waals surface area (Å²) in [6.07, 6.45) is 0.899. The number of carbonyl (C=O) groups excluding carboxylic acids is 1. The van der Waals surface area contributed by atoms with Crippen molar-refractivity contribution in [2.75, 3.05) is 0 Å². The molecule has 0 aliphatic heterocycles. The number of rotatable bonds is 1. The van der Waals surface area contributed by atoms with E-state index in [4.69, 9.17) is 0 Å². The second-order valence-electron chi connectivity index (χ2n) is 6.73. The summed E-state index contributed by atoms with van der Waals surface area (Å²) >= 11 is 0. The van der Waals surface area contributed by atoms with Gasteiger partial charge in [0.1, 0.15) is 0 Å². The van der Waals surface area contributed by atoms with Crippen LogP contribution in [-0.4, -0.2) is 10.9 Å². The lowest BCUT2D eigenvalue weighted by Gasteiger charge is -2.03. The fourth-order valence-corrected chi connectivity index (χ4v) is 3.70. The molecule has 4 rings (SSSR count). The first-order valence-corrected chi connectivity index (χ1v) is 8.64. The van der Waals surface area contributed by atoms with Crippen LogP contribution >= 0.6 is 0 Å². The molecule has 126 valence electrons. The van der Waals surface area contributed by atoms with Gasteiger partial charge in [-0.15, -0.1) is 0 Å². The highest BCUT2D eigenvalue weighted by Crippen LogP contribution is 2.32. The van der Waals surface area contributed by atoms with E-state index in [0.717, 1.165) is 28.3 Å². The quantitative estimate of drug-likeness (QED) is 0.347. The Morgan fingerprint density at radius 2 is 1.69 bits per heavy atom. The predicted octanol–water partition coefficient (Wildman–Crippen LogP) is 5.16. The van der Waals surface area contributed by atoms with Crippen molar-refractivity contribution in [3.05, 3.63) is 82.4 Å². The van der Waals surface area contributed by atoms with Gasteiger partial charge >= 0.3 is 0 Å². The van der Waals surface area contributed by atoms with Crippen molar-refractivity contribution < 1.29 is 4.79 Å². The van der Waals surface area contributed by atoms with E-state index in [9.17, 15) is 4.79 Å². The molecule has 0 aliphatic rings. The number of benzene rings is 3. The van der Waals surface area contributed by atoms with Crippen LogP contribution in [0.4, 0.5) is 0 Å². The van der Waals surface area contributed by atoms with Gasteiger partial charge in [-0.1, -0.05) is 41.7 Å². The minimum absolute atomic E-state index is 0.632. The number of aryl methyl sites for hydroxylation is 3. The van der Waals surface area contributed by atoms with Crippen molar-refractivity contribution in [2.45, 2.75) is 13.8 Å². The third-order valence-electron chi connectivity index (χ3n) is 4.84. The maximum Gasteiger partial charge on any atom is 0.151 e. The Morgan fingerprint density at radius 3 is 2.42 bits per heavy atom. The predicted molar refractivity (Wildman–Crippen MR) is 108 cm³/mol. The van der Waals surface area contributed by atoms with Gasteiger partial charge in [-0.2, -0.15) is 0 Å². The Bertz CT molecular complexity index is 1220. The molecule has 2 nitrogen and oxygen atoms in total. The molecule has 0 aliphatic carbocycles. The van der Waals surface area contributed by atoms with Gasteiger partial charge < -0.3 is 4.57 Å². The first-order valence-electron chi connectivity index (χ1n) is 8.64. The van der Waals surface area contributed by atoms with Crippen LogP contribution in [0.15, 0.2) is 54.6 Å². The minimum Gasteiger partial charge on any atom is -0.343 e. The molecule has 1 heterocycles. The molecule has 3 aromatic carbocycles. The van der Waals surface area contributed by atoms with E-state index in [1.165, 1.54) is 22.0 Å². The molecule has 0 amide bonds. The summed E-state index contributed by atoms with van der Waals surface area (Å²) in [6, 6.07) is 18.2. The van der Waals surface area contributed by atoms with E-state index < -0.39 is 0 Å². The molecule has 0 saturated heterocycles. The molecular formula is C24H19NO. The summed E-state index contributed by atoms with van der Waals surface area (Å²) in [5, 5.41) is 2.28. The van der Waals surface area contributed by atoms with Gasteiger partial charge in [0.2, 0.25) is 0 Å². The third kappa shape index (κ3) is 2.59. The van der Waals surface area contributed by atoms with Crippen LogP contribution in [0.3, 0.4) is 0 Å². The molecule has 0 bridgehead atoms. The van der Waals surface area contributed by atoms with Crippen molar-refractivity contribution >= 4 is 28.1 Å². The highest BCUT2D eigenvalue weighted by atomic mass is 16.1. The van der Waals surface area contributed by atoms with Crippen LogP contribution in [0.25, 0.3) is 21.8 Å². The summed E-state index contributed by atoms with van der Waals surface area (Å²) in [4.78, 5) is 11.7. The Labute approximate surface area is 153 Å². The summed E-state index contributed by atoms with van der Waals surface area (Å²) in [6.45, 7) is 4.23. The zero-order chi connectivity index (χ0) is 18.3. The van der Waals surface area contributed by atoms with E-state index >= 15 is 0 Å². The Balaban J connectivity index is 2.00. The monoisotopic (exact) mass is 337 g/mol. The smallest absolute Gasteiger partial charge is 0.151 e. The van der Waals surface area contributed by atoms with E-state index in [1.54, 1.807) is 0 Å². The highest BCUT2D eigenvalue weighted by Gasteiger charge is 2.13. The third-order valence-corrected chi connectivity index (χ3v) is 4.84. The lowest BCUT2D eigenvalue weighted by Crippen LogP contribution is -1.92. The normalized spacial score (nSPS) is 10.7. The fourth-order valence-electron chi connectivity index (χ4n) is 3.70. The van der Waals surface area contributed by atoms with Crippen molar-refractivity contribution in [2.24, 2.45) is 7.05 Å². The van der Waals surface area contributed by atoms with Gasteiger partial charge in [-0.3, -0.25) is 4.79 Å². The Kier molecular flexibility index (Phi) is 3.86. The van der Waals surface area contributed by atoms with Crippen molar-refractivity contribution in [1.29, 1.82) is 0 Å². The lowest BCUT2D eigenvalue weighted by atomic mass is 10.0. The van der Waals surface area contributed by atoms with Crippen molar-refractivity contribution in [3.8, 4) is 11.8 Å². The molecule has 0 N–H and O–H groups in total. The van der Waals surface area contributed by atoms with Gasteiger partial charge in [-0.25, -0.2) is 0 Å². The maximum atomic E-state index is 11.7. The average Bonchev–Trinajstić information content (AvgIpc) is 2.91. The van der Waals surface area contributed by atoms with Crippen LogP contribution in [0, 0.1) is 25.7 Å². The molecule has 26 heavy (non-hydrogen) atoms. The maximum absolute atomic E-state index is 11.7. The molecule has 0 unspecified atom stereocenters. The molecule has 0 fully saturated rings. The minimum atomic E-state index is 0.632. The molecule has 0 atom stereocenters. The molecule has 0 saturated carbocycles. The standard InChI is InChI=1S/C24H19NO/c1-16-11-17(2)24-22(12-16)21-13-20(15-26)19(14-23(21)25(24)3)10-9-18-7-5-4-6-8-18/h4-8,11-15H,1-3H3. The highest BCUT2D eigenvalue weighted by molar-refractivity contribution is 6.11. The summed E-state index contributed by atoms with van der Waals surface area (Å²) in [5.74, 6) is 6.33. The molecule has 2 heteroatoms. The molecule has 4 aromatic rings. The number of fused-ring (bicyclic) bond motifs is 3. The summed E-state index contributed by atoms with van der Waals surface area (Å²) in [5.41, 5.74) is 7.09. The average molecular weight is 337 g/mol. The zero-order valence-electron chi connectivity index (χ0n) is 15.1. The van der Waals surface area contributed by atoms with Crippen molar-refractivity contribution in [3.63, 3.8) is 0 Å². The van der Waals surface area contributed by atoms with Crippen molar-refractivity contribution in [1.82, 2.24) is 4.57 Å². The number of aldehydes is 1. The first kappa shape index (κ1) is 16.2. The zero-order valence-corrected chi connectivity index (χ0v) is 15.1. The number of carbonyl (C=O) groups is 1. The van der Waals surface area contributed by atoms with Crippen LogP contribution in [0.1, 0.15) is 32.6 Å². The van der Waals surface area contributed by atoms with Crippen LogP contribution in [-0.2, 0) is 7.05 Å². The summed E-state index contributed by atoms with van der Waals surface area (Å²) < 4.78 is 2.20. The molecule has 0 radical (unpaired) electrons. The van der Waals surface area contributed by atoms with Crippen LogP contribution in [0.5, 0.6) is 0 Å². The van der Waals surface area contributed by atoms with Crippen LogP contribution < -0.4 is 0 Å². The number of nitrogens with zero attached hydrogens (tertiary/aromatic N) is 1.